The number of alkyl halides is 3. The Hall–Kier alpha value is -2.71. The fraction of sp³-hybridized carbons (Fsp3) is 0.500. The molecule has 1 aromatic rings. The molecule has 0 spiro atoms. The van der Waals surface area contributed by atoms with Gasteiger partial charge in [0.15, 0.2) is 0 Å². The van der Waals surface area contributed by atoms with Gasteiger partial charge in [-0.15, -0.1) is 0 Å². The second kappa shape index (κ2) is 9.19. The lowest BCUT2D eigenvalue weighted by molar-refractivity contribution is -0.261. The van der Waals surface area contributed by atoms with Crippen LogP contribution in [0.4, 0.5) is 13.2 Å². The van der Waals surface area contributed by atoms with E-state index in [-0.39, 0.29) is 36.5 Å². The van der Waals surface area contributed by atoms with Crippen LogP contribution in [-0.4, -0.2) is 38.4 Å². The lowest BCUT2D eigenvalue weighted by Gasteiger charge is -2.31. The van der Waals surface area contributed by atoms with Crippen LogP contribution in [0.25, 0.3) is 0 Å². The summed E-state index contributed by atoms with van der Waals surface area (Å²) in [6, 6.07) is 5.34. The van der Waals surface area contributed by atoms with E-state index in [4.69, 9.17) is 18.9 Å². The lowest BCUT2D eigenvalue weighted by atomic mass is 9.90. The number of hydrogen-bond donors (Lipinski definition) is 0. The number of halogens is 3. The van der Waals surface area contributed by atoms with Gasteiger partial charge in [0.1, 0.15) is 11.5 Å². The molecule has 1 atom stereocenters. The van der Waals surface area contributed by atoms with Gasteiger partial charge in [-0.2, -0.15) is 13.2 Å². The van der Waals surface area contributed by atoms with Crippen LogP contribution in [0.1, 0.15) is 38.7 Å². The third-order valence-electron chi connectivity index (χ3n) is 4.50. The fourth-order valence-electron chi connectivity index (χ4n) is 3.10. The first-order valence-electron chi connectivity index (χ1n) is 9.13. The Morgan fingerprint density at radius 1 is 1.10 bits per heavy atom. The molecule has 2 rings (SSSR count). The number of methoxy groups -OCH3 is 1. The minimum atomic E-state index is -4.76. The van der Waals surface area contributed by atoms with E-state index in [0.29, 0.717) is 5.75 Å². The maximum atomic E-state index is 14.1. The van der Waals surface area contributed by atoms with E-state index in [1.807, 2.05) is 0 Å². The molecule has 0 bridgehead atoms. The molecule has 6 nitrogen and oxygen atoms in total. The molecule has 1 aliphatic heterocycles. The van der Waals surface area contributed by atoms with Gasteiger partial charge in [0.25, 0.3) is 0 Å². The highest BCUT2D eigenvalue weighted by Crippen LogP contribution is 2.52. The van der Waals surface area contributed by atoms with Gasteiger partial charge < -0.3 is 18.9 Å². The summed E-state index contributed by atoms with van der Waals surface area (Å²) in [4.78, 5) is 24.1. The highest BCUT2D eigenvalue weighted by molar-refractivity contribution is 5.94. The molecular weight excluding hydrogens is 393 g/mol. The monoisotopic (exact) mass is 416 g/mol. The quantitative estimate of drug-likeness (QED) is 0.494. The summed E-state index contributed by atoms with van der Waals surface area (Å²) in [5.41, 5.74) is -3.02. The fourth-order valence-corrected chi connectivity index (χ4v) is 3.10. The molecule has 1 fully saturated rings. The maximum absolute atomic E-state index is 14.1. The van der Waals surface area contributed by atoms with Crippen LogP contribution in [0.2, 0.25) is 0 Å². The number of ether oxygens (including phenoxy) is 4. The van der Waals surface area contributed by atoms with Crippen molar-refractivity contribution in [1.29, 1.82) is 0 Å². The van der Waals surface area contributed by atoms with Crippen LogP contribution in [-0.2, 0) is 29.4 Å². The minimum Gasteiger partial charge on any atom is -0.497 e. The average Bonchev–Trinajstić information content (AvgIpc) is 3.13. The van der Waals surface area contributed by atoms with Crippen molar-refractivity contribution >= 4 is 11.9 Å². The first-order chi connectivity index (χ1) is 13.7. The Morgan fingerprint density at radius 2 is 1.72 bits per heavy atom. The number of benzene rings is 1. The Kier molecular flexibility index (Phi) is 7.16. The molecule has 1 aliphatic rings. The summed E-state index contributed by atoms with van der Waals surface area (Å²) in [5.74, 6) is -1.47. The second-order valence-electron chi connectivity index (χ2n) is 6.26. The maximum Gasteiger partial charge on any atom is 0.432 e. The largest absolute Gasteiger partial charge is 0.497 e. The summed E-state index contributed by atoms with van der Waals surface area (Å²) in [6.45, 7) is 3.21. The third kappa shape index (κ3) is 4.83. The van der Waals surface area contributed by atoms with Crippen molar-refractivity contribution in [3.8, 4) is 5.75 Å². The highest BCUT2D eigenvalue weighted by atomic mass is 19.4. The Labute approximate surface area is 166 Å². The zero-order valence-corrected chi connectivity index (χ0v) is 16.4. The van der Waals surface area contributed by atoms with E-state index in [1.54, 1.807) is 13.8 Å². The summed E-state index contributed by atoms with van der Waals surface area (Å²) in [6.07, 6.45) is -5.91. The van der Waals surface area contributed by atoms with E-state index in [1.165, 1.54) is 31.4 Å². The van der Waals surface area contributed by atoms with E-state index >= 15 is 0 Å². The van der Waals surface area contributed by atoms with Gasteiger partial charge in [-0.3, -0.25) is 4.79 Å². The van der Waals surface area contributed by atoms with Gasteiger partial charge in [-0.05, 0) is 26.0 Å². The van der Waals surface area contributed by atoms with E-state index in [2.05, 4.69) is 0 Å². The van der Waals surface area contributed by atoms with Crippen molar-refractivity contribution in [2.24, 2.45) is 0 Å². The molecule has 1 unspecified atom stereocenters. The van der Waals surface area contributed by atoms with E-state index < -0.39 is 36.6 Å². The molecule has 0 saturated carbocycles. The molecule has 0 N–H and O–H groups in total. The molecule has 1 aromatic carbocycles. The van der Waals surface area contributed by atoms with Crippen molar-refractivity contribution in [3.63, 3.8) is 0 Å². The molecular formula is C20H23F3O6. The third-order valence-corrected chi connectivity index (χ3v) is 4.50. The molecule has 1 saturated heterocycles. The number of carbonyl (C=O) groups is 2. The van der Waals surface area contributed by atoms with Crippen molar-refractivity contribution < 1.29 is 41.7 Å². The zero-order valence-electron chi connectivity index (χ0n) is 16.4. The number of carbonyl (C=O) groups excluding carboxylic acids is 2. The zero-order chi connectivity index (χ0) is 21.7. The first kappa shape index (κ1) is 22.6. The predicted octanol–water partition coefficient (Wildman–Crippen LogP) is 4.03. The number of hydrogen-bond acceptors (Lipinski definition) is 6. The molecule has 0 aromatic heterocycles. The van der Waals surface area contributed by atoms with Crippen molar-refractivity contribution in [1.82, 2.24) is 0 Å². The smallest absolute Gasteiger partial charge is 0.432 e. The van der Waals surface area contributed by atoms with Gasteiger partial charge in [0, 0.05) is 18.4 Å². The Morgan fingerprint density at radius 3 is 2.24 bits per heavy atom. The van der Waals surface area contributed by atoms with Gasteiger partial charge in [0.05, 0.1) is 32.3 Å². The lowest BCUT2D eigenvalue weighted by Crippen LogP contribution is -2.41. The molecule has 0 amide bonds. The Balaban J connectivity index is 2.47. The summed E-state index contributed by atoms with van der Waals surface area (Å²) >= 11 is 0. The Bertz CT molecular complexity index is 769. The SMILES string of the molecule is CCOC(=O)C/C(C(=O)OCC)=C1/CCC(c2ccc(OC)cc2)(C(F)(F)F)O1. The van der Waals surface area contributed by atoms with Crippen molar-refractivity contribution in [3.05, 3.63) is 41.2 Å². The van der Waals surface area contributed by atoms with Crippen molar-refractivity contribution in [2.75, 3.05) is 20.3 Å². The van der Waals surface area contributed by atoms with Gasteiger partial charge in [0.2, 0.25) is 5.60 Å². The molecule has 0 aliphatic carbocycles. The van der Waals surface area contributed by atoms with Crippen molar-refractivity contribution in [2.45, 2.75) is 44.9 Å². The molecule has 160 valence electrons. The van der Waals surface area contributed by atoms with Gasteiger partial charge in [-0.25, -0.2) is 4.79 Å². The van der Waals surface area contributed by atoms with Gasteiger partial charge in [-0.1, -0.05) is 12.1 Å². The highest BCUT2D eigenvalue weighted by Gasteiger charge is 2.61. The van der Waals surface area contributed by atoms with Gasteiger partial charge >= 0.3 is 18.1 Å². The first-order valence-corrected chi connectivity index (χ1v) is 9.13. The normalized spacial score (nSPS) is 20.6. The molecule has 0 radical (unpaired) electrons. The number of esters is 2. The van der Waals surface area contributed by atoms with Crippen LogP contribution >= 0.6 is 0 Å². The topological polar surface area (TPSA) is 71.1 Å². The molecule has 29 heavy (non-hydrogen) atoms. The number of allylic oxidation sites excluding steroid dienone is 1. The van der Waals surface area contributed by atoms with E-state index in [0.717, 1.165) is 0 Å². The van der Waals surface area contributed by atoms with Crippen LogP contribution < -0.4 is 4.74 Å². The summed E-state index contributed by atoms with van der Waals surface area (Å²) in [7, 11) is 1.41. The predicted molar refractivity (Wildman–Crippen MR) is 96.0 cm³/mol. The van der Waals surface area contributed by atoms with Crippen LogP contribution in [0.5, 0.6) is 5.75 Å². The molecule has 9 heteroatoms. The van der Waals surface area contributed by atoms with Crippen LogP contribution in [0.15, 0.2) is 35.6 Å². The van der Waals surface area contributed by atoms with E-state index in [9.17, 15) is 22.8 Å². The second-order valence-corrected chi connectivity index (χ2v) is 6.26. The van der Waals surface area contributed by atoms with Crippen LogP contribution in [0.3, 0.4) is 0 Å². The van der Waals surface area contributed by atoms with Crippen LogP contribution in [0, 0.1) is 0 Å². The minimum absolute atomic E-state index is 0.00132. The standard InChI is InChI=1S/C20H23F3O6/c1-4-27-17(24)12-15(18(25)28-5-2)16-10-11-19(29-16,20(21,22)23)13-6-8-14(26-3)9-7-13/h6-9H,4-5,10-12H2,1-3H3/b16-15+. The summed E-state index contributed by atoms with van der Waals surface area (Å²) < 4.78 is 62.3. The number of rotatable bonds is 7. The molecule has 1 heterocycles. The summed E-state index contributed by atoms with van der Waals surface area (Å²) in [5, 5.41) is 0. The average molecular weight is 416 g/mol.